The number of carbonyl (C=O) groups excluding carboxylic acids is 1. The highest BCUT2D eigenvalue weighted by atomic mass is 35.5. The molecule has 32 heavy (non-hydrogen) atoms. The molecular formula is C24H29ClN2O4S. The van der Waals surface area contributed by atoms with Gasteiger partial charge in [0.15, 0.2) is 0 Å². The van der Waals surface area contributed by atoms with Gasteiger partial charge in [-0.2, -0.15) is 4.31 Å². The summed E-state index contributed by atoms with van der Waals surface area (Å²) < 4.78 is 34.0. The molecule has 2 aliphatic heterocycles. The molecule has 0 atom stereocenters. The first-order valence-corrected chi connectivity index (χ1v) is 12.7. The number of carbonyl (C=O) groups is 1. The molecule has 0 N–H and O–H groups in total. The normalized spacial score (nSPS) is 19.4. The van der Waals surface area contributed by atoms with Gasteiger partial charge in [0, 0.05) is 43.1 Å². The second-order valence-electron chi connectivity index (χ2n) is 9.45. The molecule has 2 fully saturated rings. The fourth-order valence-corrected chi connectivity index (χ4v) is 6.26. The Labute approximate surface area is 195 Å². The van der Waals surface area contributed by atoms with Gasteiger partial charge in [-0.1, -0.05) is 44.5 Å². The van der Waals surface area contributed by atoms with Gasteiger partial charge in [-0.15, -0.1) is 0 Å². The predicted molar refractivity (Wildman–Crippen MR) is 124 cm³/mol. The maximum atomic E-state index is 13.3. The molecule has 1 spiro atoms. The number of hydrogen-bond acceptors (Lipinski definition) is 4. The number of piperidine rings is 1. The van der Waals surface area contributed by atoms with E-state index in [1.165, 1.54) is 22.0 Å². The molecule has 0 radical (unpaired) electrons. The average Bonchev–Trinajstić information content (AvgIpc) is 3.17. The van der Waals surface area contributed by atoms with Gasteiger partial charge in [-0.05, 0) is 47.4 Å². The molecule has 2 heterocycles. The Bertz CT molecular complexity index is 1080. The lowest BCUT2D eigenvalue weighted by molar-refractivity contribution is -0.0857. The number of likely N-dealkylation sites (tertiary alicyclic amines) is 1. The summed E-state index contributed by atoms with van der Waals surface area (Å²) in [6.45, 7) is 7.93. The number of nitrogens with zero attached hydrogens (tertiary/aromatic N) is 2. The second kappa shape index (κ2) is 8.45. The Morgan fingerprint density at radius 2 is 1.56 bits per heavy atom. The predicted octanol–water partition coefficient (Wildman–Crippen LogP) is 4.29. The average molecular weight is 477 g/mol. The summed E-state index contributed by atoms with van der Waals surface area (Å²) in [7, 11) is -3.73. The molecule has 4 rings (SSSR count). The van der Waals surface area contributed by atoms with Crippen LogP contribution in [0.1, 0.15) is 49.5 Å². The molecule has 0 saturated carbocycles. The van der Waals surface area contributed by atoms with Gasteiger partial charge in [0.1, 0.15) is 5.72 Å². The molecule has 2 aliphatic rings. The maximum absolute atomic E-state index is 13.3. The van der Waals surface area contributed by atoms with Crippen LogP contribution in [0, 0.1) is 0 Å². The molecule has 2 aromatic carbocycles. The third-order valence-electron chi connectivity index (χ3n) is 6.35. The van der Waals surface area contributed by atoms with Crippen LogP contribution >= 0.6 is 11.6 Å². The standard InChI is InChI=1S/C24H29ClN2O4S/c1-23(2,3)19-6-4-18(5-7-19)22(28)26-14-12-24(13-15-26)27(16-17-31-24)32(29,30)21-10-8-20(25)9-11-21/h4-11H,12-17H2,1-3H3. The highest BCUT2D eigenvalue weighted by Gasteiger charge is 2.51. The zero-order valence-electron chi connectivity index (χ0n) is 18.7. The van der Waals surface area contributed by atoms with Crippen molar-refractivity contribution in [2.45, 2.75) is 49.6 Å². The lowest BCUT2D eigenvalue weighted by atomic mass is 9.86. The summed E-state index contributed by atoms with van der Waals surface area (Å²) in [6, 6.07) is 13.9. The van der Waals surface area contributed by atoms with Crippen molar-refractivity contribution in [3.63, 3.8) is 0 Å². The molecule has 2 aromatic rings. The minimum Gasteiger partial charge on any atom is -0.358 e. The van der Waals surface area contributed by atoms with E-state index in [0.29, 0.717) is 49.7 Å². The molecule has 0 bridgehead atoms. The number of sulfonamides is 1. The number of halogens is 1. The highest BCUT2D eigenvalue weighted by Crippen LogP contribution is 2.38. The first-order valence-electron chi connectivity index (χ1n) is 10.9. The Morgan fingerprint density at radius 1 is 0.969 bits per heavy atom. The maximum Gasteiger partial charge on any atom is 0.253 e. The lowest BCUT2D eigenvalue weighted by Crippen LogP contribution is -2.55. The smallest absolute Gasteiger partial charge is 0.253 e. The largest absolute Gasteiger partial charge is 0.358 e. The van der Waals surface area contributed by atoms with Crippen LogP contribution in [0.4, 0.5) is 0 Å². The summed E-state index contributed by atoms with van der Waals surface area (Å²) in [5.41, 5.74) is 0.935. The number of benzene rings is 2. The van der Waals surface area contributed by atoms with Crippen LogP contribution in [0.5, 0.6) is 0 Å². The van der Waals surface area contributed by atoms with Gasteiger partial charge in [-0.25, -0.2) is 8.42 Å². The van der Waals surface area contributed by atoms with E-state index in [-0.39, 0.29) is 16.2 Å². The van der Waals surface area contributed by atoms with E-state index in [1.807, 2.05) is 24.3 Å². The van der Waals surface area contributed by atoms with Gasteiger partial charge in [0.2, 0.25) is 10.0 Å². The van der Waals surface area contributed by atoms with Crippen molar-refractivity contribution in [2.75, 3.05) is 26.2 Å². The molecule has 172 valence electrons. The van der Waals surface area contributed by atoms with Crippen LogP contribution < -0.4 is 0 Å². The van der Waals surface area contributed by atoms with Gasteiger partial charge in [0.25, 0.3) is 5.91 Å². The van der Waals surface area contributed by atoms with Crippen LogP contribution in [0.2, 0.25) is 5.02 Å². The van der Waals surface area contributed by atoms with E-state index < -0.39 is 15.7 Å². The zero-order chi connectivity index (χ0) is 23.1. The van der Waals surface area contributed by atoms with Crippen LogP contribution in [0.15, 0.2) is 53.4 Å². The Balaban J connectivity index is 1.48. The van der Waals surface area contributed by atoms with Crippen molar-refractivity contribution < 1.29 is 17.9 Å². The molecule has 0 unspecified atom stereocenters. The monoisotopic (exact) mass is 476 g/mol. The van der Waals surface area contributed by atoms with Gasteiger partial charge in [-0.3, -0.25) is 4.79 Å². The van der Waals surface area contributed by atoms with Crippen LogP contribution in [0.3, 0.4) is 0 Å². The summed E-state index contributed by atoms with van der Waals surface area (Å²) in [5.74, 6) is -0.0367. The number of hydrogen-bond donors (Lipinski definition) is 0. The lowest BCUT2D eigenvalue weighted by Gasteiger charge is -2.42. The topological polar surface area (TPSA) is 66.9 Å². The first-order chi connectivity index (χ1) is 15.0. The molecule has 6 nitrogen and oxygen atoms in total. The minimum atomic E-state index is -3.73. The van der Waals surface area contributed by atoms with E-state index in [2.05, 4.69) is 20.8 Å². The van der Waals surface area contributed by atoms with E-state index in [9.17, 15) is 13.2 Å². The Morgan fingerprint density at radius 3 is 2.12 bits per heavy atom. The van der Waals surface area contributed by atoms with Crippen molar-refractivity contribution >= 4 is 27.5 Å². The SMILES string of the molecule is CC(C)(C)c1ccc(C(=O)N2CCC3(CC2)OCCN3S(=O)(=O)c2ccc(Cl)cc2)cc1. The summed E-state index contributed by atoms with van der Waals surface area (Å²) in [6.07, 6.45) is 0.872. The van der Waals surface area contributed by atoms with Crippen LogP contribution in [-0.2, 0) is 20.2 Å². The van der Waals surface area contributed by atoms with Crippen molar-refractivity contribution in [2.24, 2.45) is 0 Å². The summed E-state index contributed by atoms with van der Waals surface area (Å²) in [4.78, 5) is 15.0. The van der Waals surface area contributed by atoms with Crippen LogP contribution in [0.25, 0.3) is 0 Å². The van der Waals surface area contributed by atoms with Crippen molar-refractivity contribution in [1.82, 2.24) is 9.21 Å². The first kappa shape index (κ1) is 23.2. The van der Waals surface area contributed by atoms with Crippen molar-refractivity contribution in [3.05, 3.63) is 64.7 Å². The number of rotatable bonds is 3. The van der Waals surface area contributed by atoms with Gasteiger partial charge < -0.3 is 9.64 Å². The Kier molecular flexibility index (Phi) is 6.13. The molecular weight excluding hydrogens is 448 g/mol. The summed E-state index contributed by atoms with van der Waals surface area (Å²) >= 11 is 5.92. The molecule has 0 aliphatic carbocycles. The second-order valence-corrected chi connectivity index (χ2v) is 11.7. The van der Waals surface area contributed by atoms with E-state index in [4.69, 9.17) is 16.3 Å². The minimum absolute atomic E-state index is 0.0257. The number of amides is 1. The molecule has 8 heteroatoms. The highest BCUT2D eigenvalue weighted by molar-refractivity contribution is 7.89. The Hall–Kier alpha value is -1.93. The van der Waals surface area contributed by atoms with Gasteiger partial charge in [0.05, 0.1) is 11.5 Å². The van der Waals surface area contributed by atoms with E-state index in [0.717, 1.165) is 0 Å². The van der Waals surface area contributed by atoms with Crippen LogP contribution in [-0.4, -0.2) is 55.5 Å². The van der Waals surface area contributed by atoms with Gasteiger partial charge >= 0.3 is 0 Å². The third kappa shape index (κ3) is 4.31. The van der Waals surface area contributed by atoms with Crippen molar-refractivity contribution in [1.29, 1.82) is 0 Å². The van der Waals surface area contributed by atoms with E-state index in [1.54, 1.807) is 17.0 Å². The fourth-order valence-electron chi connectivity index (χ4n) is 4.42. The third-order valence-corrected chi connectivity index (χ3v) is 8.57. The fraction of sp³-hybridized carbons (Fsp3) is 0.458. The molecule has 1 amide bonds. The zero-order valence-corrected chi connectivity index (χ0v) is 20.2. The summed E-state index contributed by atoms with van der Waals surface area (Å²) in [5, 5.41) is 0.485. The molecule has 2 saturated heterocycles. The van der Waals surface area contributed by atoms with Crippen molar-refractivity contribution in [3.8, 4) is 0 Å². The quantitative estimate of drug-likeness (QED) is 0.662. The molecule has 0 aromatic heterocycles. The number of ether oxygens (including phenoxy) is 1. The van der Waals surface area contributed by atoms with E-state index >= 15 is 0 Å².